The Morgan fingerprint density at radius 1 is 0.969 bits per heavy atom. The number of nitrogens with one attached hydrogen (secondary N) is 1. The van der Waals surface area contributed by atoms with Crippen molar-refractivity contribution >= 4 is 6.09 Å². The van der Waals surface area contributed by atoms with Gasteiger partial charge in [-0.15, -0.1) is 0 Å². The van der Waals surface area contributed by atoms with Crippen molar-refractivity contribution < 1.29 is 9.53 Å². The van der Waals surface area contributed by atoms with Crippen LogP contribution in [0.4, 0.5) is 4.79 Å². The fraction of sp³-hybridized carbons (Fsp3) is 0.458. The average molecular weight is 437 g/mol. The second-order valence-electron chi connectivity index (χ2n) is 8.45. The highest BCUT2D eigenvalue weighted by Gasteiger charge is 2.20. The van der Waals surface area contributed by atoms with E-state index in [4.69, 9.17) is 4.74 Å². The summed E-state index contributed by atoms with van der Waals surface area (Å²) in [7, 11) is 0. The zero-order valence-electron chi connectivity index (χ0n) is 19.0. The van der Waals surface area contributed by atoms with Crippen LogP contribution in [0, 0.1) is 13.8 Å². The number of ether oxygens (including phenoxy) is 1. The van der Waals surface area contributed by atoms with Crippen molar-refractivity contribution in [2.45, 2.75) is 59.5 Å². The summed E-state index contributed by atoms with van der Waals surface area (Å²) in [4.78, 5) is 14.1. The summed E-state index contributed by atoms with van der Waals surface area (Å²) in [6.45, 7) is 9.68. The lowest BCUT2D eigenvalue weighted by Crippen LogP contribution is -2.31. The van der Waals surface area contributed by atoms with Gasteiger partial charge in [-0.25, -0.2) is 4.79 Å². The molecule has 0 spiro atoms. The highest BCUT2D eigenvalue weighted by atomic mass is 16.6. The van der Waals surface area contributed by atoms with E-state index in [9.17, 15) is 4.79 Å². The highest BCUT2D eigenvalue weighted by Crippen LogP contribution is 2.14. The lowest BCUT2D eigenvalue weighted by Gasteiger charge is -2.19. The fourth-order valence-corrected chi connectivity index (χ4v) is 4.21. The Kier molecular flexibility index (Phi) is 7.21. The summed E-state index contributed by atoms with van der Waals surface area (Å²) in [5.74, 6) is 0. The van der Waals surface area contributed by atoms with Crippen LogP contribution < -0.4 is 5.32 Å². The number of rotatable bonds is 2. The summed E-state index contributed by atoms with van der Waals surface area (Å²) >= 11 is 0. The van der Waals surface area contributed by atoms with Gasteiger partial charge in [-0.1, -0.05) is 29.3 Å². The Morgan fingerprint density at radius 2 is 1.66 bits per heavy atom. The molecule has 5 rings (SSSR count). The molecule has 0 saturated heterocycles. The first-order chi connectivity index (χ1) is 15.6. The molecule has 3 aromatic rings. The zero-order valence-corrected chi connectivity index (χ0v) is 19.0. The predicted octanol–water partition coefficient (Wildman–Crippen LogP) is 3.42. The molecule has 2 aliphatic rings. The maximum Gasteiger partial charge on any atom is 0.410 e. The third-order valence-electron chi connectivity index (χ3n) is 5.69. The van der Waals surface area contributed by atoms with Gasteiger partial charge in [0.25, 0.3) is 0 Å². The number of fused-ring (bicyclic) bond motifs is 2. The number of benzene rings is 1. The lowest BCUT2D eigenvalue weighted by atomic mass is 10.1. The minimum atomic E-state index is -0.256. The van der Waals surface area contributed by atoms with Crippen LogP contribution in [0.25, 0.3) is 0 Å². The van der Waals surface area contributed by atoms with Crippen LogP contribution in [0.1, 0.15) is 40.9 Å². The van der Waals surface area contributed by atoms with Crippen molar-refractivity contribution in [1.82, 2.24) is 29.8 Å². The molecule has 32 heavy (non-hydrogen) atoms. The minimum Gasteiger partial charge on any atom is -0.445 e. The summed E-state index contributed by atoms with van der Waals surface area (Å²) in [5, 5.41) is 11.8. The lowest BCUT2D eigenvalue weighted by molar-refractivity contribution is 0.0942. The smallest absolute Gasteiger partial charge is 0.410 e. The molecule has 0 fully saturated rings. The van der Waals surface area contributed by atoms with Crippen LogP contribution in [0.2, 0.25) is 0 Å². The fourth-order valence-electron chi connectivity index (χ4n) is 4.21. The normalized spacial score (nSPS) is 15.5. The summed E-state index contributed by atoms with van der Waals surface area (Å²) in [6, 6.07) is 10.2. The number of aromatic nitrogens is 4. The van der Waals surface area contributed by atoms with E-state index in [2.05, 4.69) is 44.5 Å². The maximum absolute atomic E-state index is 12.3. The number of carbonyl (C=O) groups is 1. The monoisotopic (exact) mass is 436 g/mol. The largest absolute Gasteiger partial charge is 0.445 e. The van der Waals surface area contributed by atoms with E-state index in [1.54, 1.807) is 11.1 Å². The standard InChI is InChI=1S/C17H21N3O2.C7H11N3/c1-13-8-14(2)10-15(9-13)12-22-17(21)19-6-3-7-20-16(11-19)4-5-18-20;1-3-8-6-7-2-4-9-10(7)5-1/h4-5,8-10H,3,6-7,11-12H2,1-2H3;2,4,8H,1,3,5-6H2. The van der Waals surface area contributed by atoms with Gasteiger partial charge in [0.1, 0.15) is 6.61 Å². The number of carbonyl (C=O) groups excluding carboxylic acids is 1. The molecule has 1 N–H and O–H groups in total. The molecule has 4 heterocycles. The predicted molar refractivity (Wildman–Crippen MR) is 122 cm³/mol. The summed E-state index contributed by atoms with van der Waals surface area (Å²) in [5.41, 5.74) is 5.76. The molecule has 0 bridgehead atoms. The van der Waals surface area contributed by atoms with E-state index in [0.717, 1.165) is 43.9 Å². The minimum absolute atomic E-state index is 0.256. The van der Waals surface area contributed by atoms with Crippen molar-refractivity contribution in [3.63, 3.8) is 0 Å². The molecular formula is C24H32N6O2. The molecule has 2 aliphatic heterocycles. The van der Waals surface area contributed by atoms with E-state index in [1.807, 2.05) is 30.8 Å². The molecule has 8 heteroatoms. The van der Waals surface area contributed by atoms with Gasteiger partial charge in [0, 0.05) is 38.6 Å². The van der Waals surface area contributed by atoms with E-state index < -0.39 is 0 Å². The quantitative estimate of drug-likeness (QED) is 0.666. The second-order valence-corrected chi connectivity index (χ2v) is 8.45. The number of hydrogen-bond acceptors (Lipinski definition) is 5. The molecule has 1 aromatic carbocycles. The molecule has 0 atom stereocenters. The number of amides is 1. The van der Waals surface area contributed by atoms with Crippen LogP contribution in [-0.2, 0) is 37.5 Å². The van der Waals surface area contributed by atoms with Crippen molar-refractivity contribution in [3.05, 3.63) is 70.8 Å². The van der Waals surface area contributed by atoms with Gasteiger partial charge < -0.3 is 15.0 Å². The molecular weight excluding hydrogens is 404 g/mol. The van der Waals surface area contributed by atoms with Gasteiger partial charge in [0.2, 0.25) is 0 Å². The molecule has 8 nitrogen and oxygen atoms in total. The summed E-state index contributed by atoms with van der Waals surface area (Å²) < 4.78 is 9.51. The van der Waals surface area contributed by atoms with Gasteiger partial charge >= 0.3 is 6.09 Å². The Balaban J connectivity index is 0.000000203. The van der Waals surface area contributed by atoms with E-state index in [1.165, 1.54) is 23.2 Å². The average Bonchev–Trinajstić information content (AvgIpc) is 3.28. The van der Waals surface area contributed by atoms with Crippen molar-refractivity contribution in [2.24, 2.45) is 0 Å². The van der Waals surface area contributed by atoms with Crippen molar-refractivity contribution in [1.29, 1.82) is 0 Å². The van der Waals surface area contributed by atoms with E-state index in [-0.39, 0.29) is 6.09 Å². The Hall–Kier alpha value is -3.13. The van der Waals surface area contributed by atoms with E-state index >= 15 is 0 Å². The summed E-state index contributed by atoms with van der Waals surface area (Å²) in [6.07, 6.45) is 5.47. The van der Waals surface area contributed by atoms with Crippen LogP contribution in [0.3, 0.4) is 0 Å². The van der Waals surface area contributed by atoms with Crippen LogP contribution >= 0.6 is 0 Å². The van der Waals surface area contributed by atoms with Gasteiger partial charge in [-0.2, -0.15) is 10.2 Å². The third kappa shape index (κ3) is 5.76. The molecule has 0 unspecified atom stereocenters. The molecule has 0 radical (unpaired) electrons. The first kappa shape index (κ1) is 22.1. The van der Waals surface area contributed by atoms with E-state index in [0.29, 0.717) is 19.7 Å². The first-order valence-electron chi connectivity index (χ1n) is 11.3. The first-order valence-corrected chi connectivity index (χ1v) is 11.3. The van der Waals surface area contributed by atoms with Gasteiger partial charge in [0.05, 0.1) is 17.9 Å². The van der Waals surface area contributed by atoms with Gasteiger partial charge in [0.15, 0.2) is 0 Å². The molecule has 170 valence electrons. The maximum atomic E-state index is 12.3. The highest BCUT2D eigenvalue weighted by molar-refractivity contribution is 5.67. The number of hydrogen-bond donors (Lipinski definition) is 1. The molecule has 2 aromatic heterocycles. The molecule has 0 saturated carbocycles. The zero-order chi connectivity index (χ0) is 22.3. The van der Waals surface area contributed by atoms with Crippen LogP contribution in [-0.4, -0.2) is 43.6 Å². The van der Waals surface area contributed by atoms with Crippen LogP contribution in [0.5, 0.6) is 0 Å². The Bertz CT molecular complexity index is 1000. The SMILES string of the molecule is Cc1cc(C)cc(COC(=O)N2CCCn3nccc3C2)c1.c1cc2n(n1)CCCNC2. The van der Waals surface area contributed by atoms with Crippen molar-refractivity contribution in [2.75, 3.05) is 13.1 Å². The number of aryl methyl sites for hydroxylation is 4. The molecule has 0 aliphatic carbocycles. The number of nitrogens with zero attached hydrogens (tertiary/aromatic N) is 5. The second kappa shape index (κ2) is 10.5. The van der Waals surface area contributed by atoms with Gasteiger partial charge in [-0.05, 0) is 50.9 Å². The topological polar surface area (TPSA) is 77.2 Å². The van der Waals surface area contributed by atoms with Gasteiger partial charge in [-0.3, -0.25) is 9.36 Å². The third-order valence-corrected chi connectivity index (χ3v) is 5.69. The molecule has 1 amide bonds. The Labute approximate surface area is 189 Å². The van der Waals surface area contributed by atoms with Crippen molar-refractivity contribution in [3.8, 4) is 0 Å². The Morgan fingerprint density at radius 3 is 2.44 bits per heavy atom. The van der Waals surface area contributed by atoms with Crippen LogP contribution in [0.15, 0.2) is 42.7 Å².